The van der Waals surface area contributed by atoms with Gasteiger partial charge in [0.2, 0.25) is 0 Å². The van der Waals surface area contributed by atoms with E-state index in [0.29, 0.717) is 0 Å². The Bertz CT molecular complexity index is 306. The van der Waals surface area contributed by atoms with Crippen LogP contribution in [0.4, 0.5) is 0 Å². The molecule has 0 amide bonds. The van der Waals surface area contributed by atoms with Gasteiger partial charge in [0, 0.05) is 0 Å². The molecule has 0 aliphatic heterocycles. The lowest BCUT2D eigenvalue weighted by Gasteiger charge is -2.34. The lowest BCUT2D eigenvalue weighted by Crippen LogP contribution is -2.40. The summed E-state index contributed by atoms with van der Waals surface area (Å²) in [5.41, 5.74) is 7.37. The Morgan fingerprint density at radius 1 is 0.684 bits per heavy atom. The Kier molecular flexibility index (Phi) is 7.05. The number of rotatable bonds is 6. The van der Waals surface area contributed by atoms with Crippen LogP contribution in [0.1, 0.15) is 0 Å². The van der Waals surface area contributed by atoms with Gasteiger partial charge in [0.25, 0.3) is 0 Å². The molecular formula is C14H36PSi4+. The smallest absolute Gasteiger partial charge is 0.0954 e. The zero-order chi connectivity index (χ0) is 15.5. The Morgan fingerprint density at radius 3 is 1.11 bits per heavy atom. The molecular weight excluding hydrogens is 311 g/mol. The maximum atomic E-state index is 3.89. The van der Waals surface area contributed by atoms with E-state index in [2.05, 4.69) is 70.1 Å². The molecule has 0 bridgehead atoms. The summed E-state index contributed by atoms with van der Waals surface area (Å²) in [6.45, 7) is 22.9. The van der Waals surface area contributed by atoms with Gasteiger partial charge in [-0.3, -0.25) is 0 Å². The van der Waals surface area contributed by atoms with E-state index in [0.717, 1.165) is 10.2 Å². The van der Waals surface area contributed by atoms with Crippen LogP contribution in [-0.2, 0) is 0 Å². The Hall–Kier alpha value is 0.858. The average molecular weight is 348 g/mol. The number of hydrogen-bond acceptors (Lipinski definition) is 0. The second-order valence-electron chi connectivity index (χ2n) is 9.66. The fourth-order valence-corrected chi connectivity index (χ4v) is 32.2. The van der Waals surface area contributed by atoms with Crippen molar-refractivity contribution in [1.82, 2.24) is 0 Å². The van der Waals surface area contributed by atoms with Gasteiger partial charge < -0.3 is 0 Å². The molecule has 0 saturated heterocycles. The van der Waals surface area contributed by atoms with Gasteiger partial charge in [-0.1, -0.05) is 58.9 Å². The lowest BCUT2D eigenvalue weighted by atomic mass is 11.4. The van der Waals surface area contributed by atoms with Crippen molar-refractivity contribution in [2.45, 2.75) is 58.9 Å². The van der Waals surface area contributed by atoms with Gasteiger partial charge in [-0.05, 0) is 0 Å². The zero-order valence-corrected chi connectivity index (χ0v) is 21.0. The van der Waals surface area contributed by atoms with Crippen LogP contribution in [0.15, 0.2) is 0 Å². The van der Waals surface area contributed by atoms with Crippen LogP contribution in [0.2, 0.25) is 58.9 Å². The first-order valence-corrected chi connectivity index (χ1v) is 21.9. The average Bonchev–Trinajstić information content (AvgIpc) is 1.90. The van der Waals surface area contributed by atoms with Gasteiger partial charge in [-0.25, -0.2) is 0 Å². The Morgan fingerprint density at radius 2 is 0.947 bits per heavy atom. The van der Waals surface area contributed by atoms with Gasteiger partial charge in [-0.15, -0.1) is 5.54 Å². The molecule has 0 aliphatic carbocycles. The van der Waals surface area contributed by atoms with Crippen molar-refractivity contribution < 1.29 is 0 Å². The van der Waals surface area contributed by atoms with E-state index in [1.807, 2.05) is 0 Å². The monoisotopic (exact) mass is 347 g/mol. The second-order valence-corrected chi connectivity index (χ2v) is 31.8. The van der Waals surface area contributed by atoms with Gasteiger partial charge in [-0.2, -0.15) is 0 Å². The molecule has 112 valence electrons. The van der Waals surface area contributed by atoms with Gasteiger partial charge in [0.1, 0.15) is 0 Å². The Labute approximate surface area is 129 Å². The second kappa shape index (κ2) is 6.75. The molecule has 0 spiro atoms. The molecule has 0 atom stereocenters. The molecule has 0 aromatic carbocycles. The predicted octanol–water partition coefficient (Wildman–Crippen LogP) is 3.92. The highest BCUT2D eigenvalue weighted by Crippen LogP contribution is 2.62. The van der Waals surface area contributed by atoms with Crippen LogP contribution in [0.5, 0.6) is 0 Å². The summed E-state index contributed by atoms with van der Waals surface area (Å²) >= 11 is 0. The predicted molar refractivity (Wildman–Crippen MR) is 109 cm³/mol. The number of hydrogen-bond donors (Lipinski definition) is 0. The molecule has 0 unspecified atom stereocenters. The van der Waals surface area contributed by atoms with E-state index in [9.17, 15) is 0 Å². The van der Waals surface area contributed by atoms with Crippen LogP contribution in [0.25, 0.3) is 0 Å². The highest BCUT2D eigenvalue weighted by molar-refractivity contribution is 7.86. The van der Waals surface area contributed by atoms with E-state index in [1.165, 1.54) is 17.4 Å². The summed E-state index contributed by atoms with van der Waals surface area (Å²) < 4.78 is 0. The topological polar surface area (TPSA) is 0 Å². The fourth-order valence-electron chi connectivity index (χ4n) is 3.25. The van der Waals surface area contributed by atoms with E-state index in [1.54, 1.807) is 0 Å². The minimum atomic E-state index is -1.02. The standard InChI is InChI=1S/C14H36PSi4/c1-17(2,3)12-15(10-11-16,13-18(4,5)6)14-19(7,8)9/h12-14H2,1-9,16H3/q+1. The summed E-state index contributed by atoms with van der Waals surface area (Å²) in [4.78, 5) is 0. The quantitative estimate of drug-likeness (QED) is 0.388. The molecule has 0 fully saturated rings. The Balaban J connectivity index is 5.52. The molecule has 0 radical (unpaired) electrons. The third-order valence-corrected chi connectivity index (χ3v) is 22.7. The molecule has 0 nitrogen and oxygen atoms in total. The van der Waals surface area contributed by atoms with Gasteiger partial charge in [0.15, 0.2) is 0 Å². The van der Waals surface area contributed by atoms with Crippen LogP contribution < -0.4 is 0 Å². The van der Waals surface area contributed by atoms with Crippen LogP contribution in [-0.4, -0.2) is 51.8 Å². The third-order valence-electron chi connectivity index (χ3n) is 2.68. The molecule has 0 saturated carbocycles. The van der Waals surface area contributed by atoms with Gasteiger partial charge >= 0.3 is 0 Å². The summed E-state index contributed by atoms with van der Waals surface area (Å²) in [6.07, 6.45) is 0. The van der Waals surface area contributed by atoms with Crippen molar-refractivity contribution in [2.24, 2.45) is 0 Å². The van der Waals surface area contributed by atoms with Crippen molar-refractivity contribution in [3.8, 4) is 11.2 Å². The molecule has 0 N–H and O–H groups in total. The normalized spacial score (nSPS) is 14.2. The fraction of sp³-hybridized carbons (Fsp3) is 0.857. The minimum Gasteiger partial charge on any atom is -0.102 e. The van der Waals surface area contributed by atoms with Crippen LogP contribution in [0, 0.1) is 11.2 Å². The SMILES string of the molecule is C[Si](C)(C)C[P+](C#C[SiH3])(C[Si](C)(C)C)C[Si](C)(C)C. The lowest BCUT2D eigenvalue weighted by molar-refractivity contribution is 1.54. The van der Waals surface area contributed by atoms with Crippen molar-refractivity contribution in [2.75, 3.05) is 17.4 Å². The minimum absolute atomic E-state index is 1.00. The van der Waals surface area contributed by atoms with E-state index in [4.69, 9.17) is 0 Å². The first-order valence-electron chi connectivity index (χ1n) is 7.48. The van der Waals surface area contributed by atoms with Crippen molar-refractivity contribution in [3.63, 3.8) is 0 Å². The molecule has 0 heterocycles. The largest absolute Gasteiger partial charge is 0.102 e. The van der Waals surface area contributed by atoms with E-state index < -0.39 is 31.5 Å². The summed E-state index contributed by atoms with van der Waals surface area (Å²) in [5.74, 6) is 4.55. The maximum absolute atomic E-state index is 3.89. The van der Waals surface area contributed by atoms with Crippen molar-refractivity contribution >= 4 is 41.7 Å². The summed E-state index contributed by atoms with van der Waals surface area (Å²) in [7, 11) is -3.01. The maximum Gasteiger partial charge on any atom is 0.0954 e. The molecule has 0 rings (SSSR count). The van der Waals surface area contributed by atoms with Gasteiger partial charge in [0.05, 0.1) is 64.7 Å². The van der Waals surface area contributed by atoms with E-state index >= 15 is 0 Å². The molecule has 0 aromatic rings. The highest BCUT2D eigenvalue weighted by Gasteiger charge is 2.47. The van der Waals surface area contributed by atoms with Crippen LogP contribution in [0.3, 0.4) is 0 Å². The van der Waals surface area contributed by atoms with Crippen molar-refractivity contribution in [3.05, 3.63) is 0 Å². The third kappa shape index (κ3) is 10.3. The zero-order valence-electron chi connectivity index (χ0n) is 15.1. The first-order chi connectivity index (χ1) is 8.18. The highest BCUT2D eigenvalue weighted by atomic mass is 31.2. The summed E-state index contributed by atoms with van der Waals surface area (Å²) in [5, 5.41) is 0. The summed E-state index contributed by atoms with van der Waals surface area (Å²) in [6, 6.07) is 0. The first kappa shape index (κ1) is 19.9. The van der Waals surface area contributed by atoms with Crippen molar-refractivity contribution in [1.29, 1.82) is 0 Å². The van der Waals surface area contributed by atoms with Crippen LogP contribution >= 0.6 is 7.26 Å². The molecule has 0 aromatic heterocycles. The van der Waals surface area contributed by atoms with E-state index in [-0.39, 0.29) is 0 Å². The molecule has 19 heavy (non-hydrogen) atoms. The molecule has 0 aliphatic rings. The molecule has 5 heteroatoms.